The van der Waals surface area contributed by atoms with Gasteiger partial charge in [-0.05, 0) is 31.2 Å². The van der Waals surface area contributed by atoms with Crippen molar-refractivity contribution in [1.82, 2.24) is 9.88 Å². The number of amides is 1. The Kier molecular flexibility index (Phi) is 5.47. The van der Waals surface area contributed by atoms with E-state index < -0.39 is 4.92 Å². The van der Waals surface area contributed by atoms with Crippen molar-refractivity contribution in [3.8, 4) is 11.5 Å². The van der Waals surface area contributed by atoms with Crippen LogP contribution in [0.5, 0.6) is 0 Å². The molecule has 154 valence electrons. The second-order valence-electron chi connectivity index (χ2n) is 7.21. The van der Waals surface area contributed by atoms with Crippen LogP contribution >= 0.6 is 0 Å². The zero-order valence-corrected chi connectivity index (χ0v) is 16.7. The van der Waals surface area contributed by atoms with E-state index in [1.54, 1.807) is 12.1 Å². The summed E-state index contributed by atoms with van der Waals surface area (Å²) in [4.78, 5) is 31.6. The molecule has 0 aliphatic carbocycles. The van der Waals surface area contributed by atoms with E-state index in [2.05, 4.69) is 9.88 Å². The number of aryl methyl sites for hydroxylation is 1. The number of carbonyl (C=O) groups is 1. The maximum atomic E-state index is 12.8. The number of non-ortho nitro benzene ring substituents is 1. The van der Waals surface area contributed by atoms with Gasteiger partial charge in [0, 0.05) is 49.6 Å². The number of oxazole rings is 1. The summed E-state index contributed by atoms with van der Waals surface area (Å²) in [6, 6.07) is 16.1. The Morgan fingerprint density at radius 1 is 1.07 bits per heavy atom. The average Bonchev–Trinajstić information content (AvgIpc) is 3.14. The van der Waals surface area contributed by atoms with Gasteiger partial charge in [-0.2, -0.15) is 0 Å². The van der Waals surface area contributed by atoms with Crippen LogP contribution in [0.3, 0.4) is 0 Å². The number of carbonyl (C=O) groups excluding carboxylic acids is 1. The second-order valence-corrected chi connectivity index (χ2v) is 7.21. The normalized spacial score (nSPS) is 14.0. The summed E-state index contributed by atoms with van der Waals surface area (Å²) in [5.74, 6) is 1.21. The van der Waals surface area contributed by atoms with Gasteiger partial charge in [-0.1, -0.05) is 18.2 Å². The van der Waals surface area contributed by atoms with E-state index in [1.807, 2.05) is 42.2 Å². The lowest BCUT2D eigenvalue weighted by molar-refractivity contribution is -0.384. The Bertz CT molecular complexity index is 1040. The van der Waals surface area contributed by atoms with Crippen LogP contribution in [0, 0.1) is 17.0 Å². The van der Waals surface area contributed by atoms with Gasteiger partial charge in [0.05, 0.1) is 17.0 Å². The summed E-state index contributed by atoms with van der Waals surface area (Å²) in [6.07, 6.45) is 0.208. The van der Waals surface area contributed by atoms with Crippen LogP contribution in [-0.4, -0.2) is 46.9 Å². The number of hydrogen-bond acceptors (Lipinski definition) is 6. The smallest absolute Gasteiger partial charge is 0.269 e. The molecular formula is C22H22N4O4. The molecule has 0 saturated carbocycles. The monoisotopic (exact) mass is 406 g/mol. The summed E-state index contributed by atoms with van der Waals surface area (Å²) in [5.41, 5.74) is 2.55. The highest BCUT2D eigenvalue weighted by atomic mass is 16.6. The first-order valence-corrected chi connectivity index (χ1v) is 9.80. The Labute approximate surface area is 173 Å². The van der Waals surface area contributed by atoms with E-state index >= 15 is 0 Å². The predicted molar refractivity (Wildman–Crippen MR) is 112 cm³/mol. The molecule has 1 saturated heterocycles. The van der Waals surface area contributed by atoms with Crippen molar-refractivity contribution < 1.29 is 14.1 Å². The molecule has 0 N–H and O–H groups in total. The van der Waals surface area contributed by atoms with Crippen LogP contribution in [-0.2, 0) is 11.2 Å². The number of nitro benzene ring substituents is 1. The lowest BCUT2D eigenvalue weighted by Gasteiger charge is -2.36. The van der Waals surface area contributed by atoms with E-state index in [9.17, 15) is 14.9 Å². The van der Waals surface area contributed by atoms with Crippen LogP contribution in [0.2, 0.25) is 0 Å². The standard InChI is InChI=1S/C22H22N4O4/c1-16-20(23-22(30-16)17-5-3-2-4-6-17)15-21(27)25-13-11-24(12-14-25)18-7-9-19(10-8-18)26(28)29/h2-10H,11-15H2,1H3. The van der Waals surface area contributed by atoms with Crippen LogP contribution in [0.25, 0.3) is 11.5 Å². The van der Waals surface area contributed by atoms with E-state index in [1.165, 1.54) is 12.1 Å². The first-order chi connectivity index (χ1) is 14.5. The molecular weight excluding hydrogens is 384 g/mol. The minimum Gasteiger partial charge on any atom is -0.441 e. The van der Waals surface area contributed by atoms with Crippen molar-refractivity contribution in [2.45, 2.75) is 13.3 Å². The van der Waals surface area contributed by atoms with Crippen molar-refractivity contribution in [3.63, 3.8) is 0 Å². The number of aromatic nitrogens is 1. The summed E-state index contributed by atoms with van der Waals surface area (Å²) < 4.78 is 5.75. The van der Waals surface area contributed by atoms with Crippen LogP contribution in [0.15, 0.2) is 59.0 Å². The summed E-state index contributed by atoms with van der Waals surface area (Å²) in [7, 11) is 0. The summed E-state index contributed by atoms with van der Waals surface area (Å²) in [6.45, 7) is 4.37. The van der Waals surface area contributed by atoms with E-state index in [-0.39, 0.29) is 18.0 Å². The van der Waals surface area contributed by atoms with E-state index in [0.29, 0.717) is 43.5 Å². The van der Waals surface area contributed by atoms with Crippen molar-refractivity contribution in [2.24, 2.45) is 0 Å². The fraction of sp³-hybridized carbons (Fsp3) is 0.273. The third-order valence-electron chi connectivity index (χ3n) is 5.29. The Balaban J connectivity index is 1.36. The quantitative estimate of drug-likeness (QED) is 0.476. The van der Waals surface area contributed by atoms with Gasteiger partial charge < -0.3 is 14.2 Å². The summed E-state index contributed by atoms with van der Waals surface area (Å²) in [5, 5.41) is 10.8. The summed E-state index contributed by atoms with van der Waals surface area (Å²) >= 11 is 0. The molecule has 0 spiro atoms. The average molecular weight is 406 g/mol. The van der Waals surface area contributed by atoms with Crippen molar-refractivity contribution in [2.75, 3.05) is 31.1 Å². The number of piperazine rings is 1. The van der Waals surface area contributed by atoms with Crippen molar-refractivity contribution in [1.29, 1.82) is 0 Å². The van der Waals surface area contributed by atoms with Gasteiger partial charge in [0.15, 0.2) is 0 Å². The molecule has 1 aromatic heterocycles. The molecule has 1 fully saturated rings. The molecule has 0 unspecified atom stereocenters. The van der Waals surface area contributed by atoms with E-state index in [0.717, 1.165) is 11.3 Å². The second kappa shape index (κ2) is 8.36. The molecule has 1 amide bonds. The molecule has 0 atom stereocenters. The molecule has 1 aliphatic heterocycles. The lowest BCUT2D eigenvalue weighted by Crippen LogP contribution is -2.49. The lowest BCUT2D eigenvalue weighted by atomic mass is 10.2. The molecule has 0 bridgehead atoms. The highest BCUT2D eigenvalue weighted by Crippen LogP contribution is 2.23. The minimum absolute atomic E-state index is 0.0226. The Morgan fingerprint density at radius 3 is 2.37 bits per heavy atom. The van der Waals surface area contributed by atoms with Crippen LogP contribution in [0.4, 0.5) is 11.4 Å². The molecule has 4 rings (SSSR count). The van der Waals surface area contributed by atoms with Gasteiger partial charge in [0.25, 0.3) is 5.69 Å². The Hall–Kier alpha value is -3.68. The molecule has 0 radical (unpaired) electrons. The number of anilines is 1. The highest BCUT2D eigenvalue weighted by molar-refractivity contribution is 5.79. The first-order valence-electron chi connectivity index (χ1n) is 9.80. The number of nitro groups is 1. The number of rotatable bonds is 5. The fourth-order valence-corrected chi connectivity index (χ4v) is 3.55. The third kappa shape index (κ3) is 4.17. The molecule has 8 heteroatoms. The van der Waals surface area contributed by atoms with Gasteiger partial charge in [-0.15, -0.1) is 0 Å². The van der Waals surface area contributed by atoms with Gasteiger partial charge >= 0.3 is 0 Å². The maximum absolute atomic E-state index is 12.8. The topological polar surface area (TPSA) is 92.7 Å². The van der Waals surface area contributed by atoms with Gasteiger partial charge in [-0.3, -0.25) is 14.9 Å². The van der Waals surface area contributed by atoms with Crippen molar-refractivity contribution in [3.05, 3.63) is 76.2 Å². The highest BCUT2D eigenvalue weighted by Gasteiger charge is 2.24. The molecule has 2 aromatic carbocycles. The zero-order valence-electron chi connectivity index (χ0n) is 16.7. The molecule has 8 nitrogen and oxygen atoms in total. The molecule has 1 aliphatic rings. The van der Waals surface area contributed by atoms with Crippen molar-refractivity contribution >= 4 is 17.3 Å². The number of hydrogen-bond donors (Lipinski definition) is 0. The predicted octanol–water partition coefficient (Wildman–Crippen LogP) is 3.45. The molecule has 3 aromatic rings. The number of nitrogens with zero attached hydrogens (tertiary/aromatic N) is 4. The SMILES string of the molecule is Cc1oc(-c2ccccc2)nc1CC(=O)N1CCN(c2ccc([N+](=O)[O-])cc2)CC1. The third-order valence-corrected chi connectivity index (χ3v) is 5.29. The first kappa shape index (κ1) is 19.6. The molecule has 30 heavy (non-hydrogen) atoms. The van der Waals surface area contributed by atoms with Crippen LogP contribution < -0.4 is 4.90 Å². The number of benzene rings is 2. The van der Waals surface area contributed by atoms with E-state index in [4.69, 9.17) is 4.42 Å². The maximum Gasteiger partial charge on any atom is 0.269 e. The minimum atomic E-state index is -0.407. The Morgan fingerprint density at radius 2 is 1.73 bits per heavy atom. The fourth-order valence-electron chi connectivity index (χ4n) is 3.55. The van der Waals surface area contributed by atoms with Gasteiger partial charge in [0.2, 0.25) is 11.8 Å². The van der Waals surface area contributed by atoms with Gasteiger partial charge in [-0.25, -0.2) is 4.98 Å². The van der Waals surface area contributed by atoms with Gasteiger partial charge in [0.1, 0.15) is 5.76 Å². The van der Waals surface area contributed by atoms with Crippen LogP contribution in [0.1, 0.15) is 11.5 Å². The molecule has 2 heterocycles. The largest absolute Gasteiger partial charge is 0.441 e. The zero-order chi connectivity index (χ0) is 21.1.